The molecule has 2 aromatic rings. The van der Waals surface area contributed by atoms with Crippen LogP contribution in [0, 0.1) is 0 Å². The van der Waals surface area contributed by atoms with Crippen LogP contribution in [-0.2, 0) is 10.8 Å². The van der Waals surface area contributed by atoms with Crippen LogP contribution in [0.2, 0.25) is 0 Å². The molecule has 0 aliphatic heterocycles. The van der Waals surface area contributed by atoms with Crippen molar-refractivity contribution in [2.75, 3.05) is 0 Å². The van der Waals surface area contributed by atoms with Crippen molar-refractivity contribution in [2.45, 2.75) is 65.2 Å². The molecule has 26 heavy (non-hydrogen) atoms. The summed E-state index contributed by atoms with van der Waals surface area (Å²) >= 11 is 0. The van der Waals surface area contributed by atoms with Gasteiger partial charge in [-0.1, -0.05) is 88.4 Å². The van der Waals surface area contributed by atoms with Crippen molar-refractivity contribution >= 4 is 11.4 Å². The topological polar surface area (TPSA) is 24.7 Å². The van der Waals surface area contributed by atoms with Crippen molar-refractivity contribution in [1.29, 1.82) is 0 Å². The molecule has 0 atom stereocenters. The highest BCUT2D eigenvalue weighted by Crippen LogP contribution is 2.28. The van der Waals surface area contributed by atoms with Gasteiger partial charge in [-0.25, -0.2) is 0 Å². The van der Waals surface area contributed by atoms with Crippen molar-refractivity contribution in [3.8, 4) is 0 Å². The molecule has 2 nitrogen and oxygen atoms in total. The highest BCUT2D eigenvalue weighted by Gasteiger charge is 2.22. The average Bonchev–Trinajstić information content (AvgIpc) is 2.61. The Balaban J connectivity index is 2.04. The van der Waals surface area contributed by atoms with E-state index in [0.29, 0.717) is 0 Å². The Morgan fingerprint density at radius 3 is 1.23 bits per heavy atom. The summed E-state index contributed by atoms with van der Waals surface area (Å²) in [7, 11) is 0. The van der Waals surface area contributed by atoms with Crippen LogP contribution in [0.25, 0.3) is 0 Å². The van der Waals surface area contributed by atoms with E-state index < -0.39 is 0 Å². The van der Waals surface area contributed by atoms with Crippen LogP contribution in [0.15, 0.2) is 70.9 Å². The second kappa shape index (κ2) is 8.44. The molecular formula is C24H32N2. The second-order valence-electron chi connectivity index (χ2n) is 8.52. The van der Waals surface area contributed by atoms with E-state index in [2.05, 4.69) is 112 Å². The van der Waals surface area contributed by atoms with Gasteiger partial charge < -0.3 is 0 Å². The van der Waals surface area contributed by atoms with Gasteiger partial charge in [-0.15, -0.1) is 0 Å². The lowest BCUT2D eigenvalue weighted by Gasteiger charge is -2.25. The summed E-state index contributed by atoms with van der Waals surface area (Å²) in [5.74, 6) is 0. The van der Waals surface area contributed by atoms with Crippen molar-refractivity contribution in [3.63, 3.8) is 0 Å². The van der Waals surface area contributed by atoms with E-state index in [-0.39, 0.29) is 10.8 Å². The minimum atomic E-state index is 0.0571. The molecule has 0 aliphatic rings. The van der Waals surface area contributed by atoms with E-state index >= 15 is 0 Å². The molecule has 2 rings (SSSR count). The zero-order chi connectivity index (χ0) is 19.2. The largest absolute Gasteiger partial charge is 0.160 e. The molecule has 0 heterocycles. The average molecular weight is 349 g/mol. The monoisotopic (exact) mass is 348 g/mol. The van der Waals surface area contributed by atoms with Gasteiger partial charge in [-0.3, -0.25) is 0 Å². The zero-order valence-electron chi connectivity index (χ0n) is 17.1. The van der Waals surface area contributed by atoms with Crippen molar-refractivity contribution in [3.05, 3.63) is 71.8 Å². The molecule has 0 unspecified atom stereocenters. The van der Waals surface area contributed by atoms with Crippen LogP contribution < -0.4 is 0 Å². The van der Waals surface area contributed by atoms with Crippen LogP contribution in [0.5, 0.6) is 0 Å². The highest BCUT2D eigenvalue weighted by atomic mass is 15.2. The lowest BCUT2D eigenvalue weighted by atomic mass is 9.80. The van der Waals surface area contributed by atoms with Crippen molar-refractivity contribution in [2.24, 2.45) is 10.2 Å². The number of hydrogen-bond donors (Lipinski definition) is 0. The Hall–Kier alpha value is -2.22. The SMILES string of the molecule is C/C(CC(C)(C)c1ccccc1)=N\N=C(/C)CC(C)(C)c1ccccc1. The molecule has 0 N–H and O–H groups in total. The van der Waals surface area contributed by atoms with Crippen LogP contribution in [0.4, 0.5) is 0 Å². The molecule has 138 valence electrons. The van der Waals surface area contributed by atoms with Gasteiger partial charge in [-0.05, 0) is 48.6 Å². The van der Waals surface area contributed by atoms with Crippen LogP contribution in [0.3, 0.4) is 0 Å². The Morgan fingerprint density at radius 1 is 0.615 bits per heavy atom. The summed E-state index contributed by atoms with van der Waals surface area (Å²) in [5.41, 5.74) is 4.91. The van der Waals surface area contributed by atoms with E-state index in [1.54, 1.807) is 0 Å². The molecule has 0 saturated heterocycles. The summed E-state index contributed by atoms with van der Waals surface area (Å²) in [6, 6.07) is 21.2. The Kier molecular flexibility index (Phi) is 6.52. The Bertz CT molecular complexity index is 686. The number of benzene rings is 2. The van der Waals surface area contributed by atoms with Gasteiger partial charge >= 0.3 is 0 Å². The minimum absolute atomic E-state index is 0.0571. The fourth-order valence-electron chi connectivity index (χ4n) is 3.50. The van der Waals surface area contributed by atoms with Crippen LogP contribution in [-0.4, -0.2) is 11.4 Å². The van der Waals surface area contributed by atoms with Crippen LogP contribution >= 0.6 is 0 Å². The zero-order valence-corrected chi connectivity index (χ0v) is 17.1. The molecule has 0 spiro atoms. The maximum Gasteiger partial charge on any atom is 0.0383 e. The first kappa shape index (κ1) is 20.1. The van der Waals surface area contributed by atoms with Gasteiger partial charge in [-0.2, -0.15) is 10.2 Å². The summed E-state index contributed by atoms with van der Waals surface area (Å²) in [4.78, 5) is 0. The summed E-state index contributed by atoms with van der Waals surface area (Å²) in [6.07, 6.45) is 1.80. The summed E-state index contributed by atoms with van der Waals surface area (Å²) in [5, 5.41) is 9.03. The fraction of sp³-hybridized carbons (Fsp3) is 0.417. The normalized spacial score (nSPS) is 13.8. The first-order valence-corrected chi connectivity index (χ1v) is 9.38. The molecule has 2 aromatic carbocycles. The van der Waals surface area contributed by atoms with E-state index in [9.17, 15) is 0 Å². The third-order valence-electron chi connectivity index (χ3n) is 4.90. The first-order chi connectivity index (χ1) is 12.2. The summed E-state index contributed by atoms with van der Waals surface area (Å²) < 4.78 is 0. The quantitative estimate of drug-likeness (QED) is 0.400. The number of nitrogens with zero attached hydrogens (tertiary/aromatic N) is 2. The second-order valence-corrected chi connectivity index (χ2v) is 8.52. The van der Waals surface area contributed by atoms with Gasteiger partial charge in [0.1, 0.15) is 0 Å². The lowest BCUT2D eigenvalue weighted by Crippen LogP contribution is -2.21. The molecular weight excluding hydrogens is 316 g/mol. The standard InChI is InChI=1S/C24H32N2/c1-19(17-23(3,4)21-13-9-7-10-14-21)25-26-20(2)18-24(5,6)22-15-11-8-12-16-22/h7-16H,17-18H2,1-6H3/b25-19+,26-20+. The first-order valence-electron chi connectivity index (χ1n) is 9.38. The molecule has 0 saturated carbocycles. The molecule has 0 bridgehead atoms. The molecule has 0 fully saturated rings. The number of hydrogen-bond acceptors (Lipinski definition) is 2. The fourth-order valence-corrected chi connectivity index (χ4v) is 3.50. The van der Waals surface area contributed by atoms with E-state index in [0.717, 1.165) is 24.3 Å². The molecule has 0 aromatic heterocycles. The molecule has 0 amide bonds. The van der Waals surface area contributed by atoms with E-state index in [4.69, 9.17) is 0 Å². The Morgan fingerprint density at radius 2 is 0.923 bits per heavy atom. The maximum atomic E-state index is 4.52. The van der Waals surface area contributed by atoms with E-state index in [1.165, 1.54) is 11.1 Å². The molecule has 0 radical (unpaired) electrons. The molecule has 2 heteroatoms. The minimum Gasteiger partial charge on any atom is -0.160 e. The summed E-state index contributed by atoms with van der Waals surface area (Å²) in [6.45, 7) is 13.2. The van der Waals surface area contributed by atoms with Crippen molar-refractivity contribution < 1.29 is 0 Å². The van der Waals surface area contributed by atoms with Gasteiger partial charge in [0.2, 0.25) is 0 Å². The maximum absolute atomic E-state index is 4.52. The van der Waals surface area contributed by atoms with Crippen molar-refractivity contribution in [1.82, 2.24) is 0 Å². The third kappa shape index (κ3) is 5.66. The van der Waals surface area contributed by atoms with E-state index in [1.807, 2.05) is 0 Å². The predicted octanol–water partition coefficient (Wildman–Crippen LogP) is 6.56. The van der Waals surface area contributed by atoms with Crippen LogP contribution in [0.1, 0.15) is 65.5 Å². The van der Waals surface area contributed by atoms with Gasteiger partial charge in [0.25, 0.3) is 0 Å². The van der Waals surface area contributed by atoms with Gasteiger partial charge in [0, 0.05) is 11.4 Å². The van der Waals surface area contributed by atoms with Gasteiger partial charge in [0.05, 0.1) is 0 Å². The Labute approximate surface area is 159 Å². The molecule has 0 aliphatic carbocycles. The predicted molar refractivity (Wildman–Crippen MR) is 114 cm³/mol. The van der Waals surface area contributed by atoms with Gasteiger partial charge in [0.15, 0.2) is 0 Å². The third-order valence-corrected chi connectivity index (χ3v) is 4.90. The number of rotatable bonds is 7. The lowest BCUT2D eigenvalue weighted by molar-refractivity contribution is 0.545. The smallest absolute Gasteiger partial charge is 0.0383 e. The highest BCUT2D eigenvalue weighted by molar-refractivity contribution is 5.86.